The maximum absolute atomic E-state index is 12.7. The number of nitrogens with one attached hydrogen (secondary N) is 2. The molecule has 3 rings (SSSR count). The van der Waals surface area contributed by atoms with E-state index in [0.29, 0.717) is 15.9 Å². The first-order chi connectivity index (χ1) is 12.5. The molecule has 0 radical (unpaired) electrons. The highest BCUT2D eigenvalue weighted by Gasteiger charge is 2.28. The summed E-state index contributed by atoms with van der Waals surface area (Å²) in [5.41, 5.74) is 0.579. The highest BCUT2D eigenvalue weighted by molar-refractivity contribution is 9.11. The van der Waals surface area contributed by atoms with Crippen LogP contribution in [0.5, 0.6) is 0 Å². The third-order valence-electron chi connectivity index (χ3n) is 3.50. The summed E-state index contributed by atoms with van der Waals surface area (Å²) in [6.45, 7) is 0.353. The van der Waals surface area contributed by atoms with E-state index in [9.17, 15) is 13.2 Å². The van der Waals surface area contributed by atoms with E-state index in [2.05, 4.69) is 26.0 Å². The molecular formula is C17H15BrN2O3S3. The van der Waals surface area contributed by atoms with Gasteiger partial charge in [-0.25, -0.2) is 8.42 Å². The molecule has 5 nitrogen and oxygen atoms in total. The van der Waals surface area contributed by atoms with Crippen LogP contribution in [0.15, 0.2) is 68.0 Å². The lowest BCUT2D eigenvalue weighted by molar-refractivity contribution is -0.123. The van der Waals surface area contributed by atoms with E-state index in [1.54, 1.807) is 30.3 Å². The average molecular weight is 471 g/mol. The largest absolute Gasteiger partial charge is 0.350 e. The fraction of sp³-hybridized carbons (Fsp3) is 0.118. The monoisotopic (exact) mass is 470 g/mol. The molecule has 0 aliphatic heterocycles. The number of benzene rings is 1. The van der Waals surface area contributed by atoms with Crippen LogP contribution in [0.3, 0.4) is 0 Å². The van der Waals surface area contributed by atoms with Crippen LogP contribution >= 0.6 is 38.6 Å². The second-order valence-electron chi connectivity index (χ2n) is 5.32. The number of rotatable bonds is 7. The van der Waals surface area contributed by atoms with Gasteiger partial charge in [0.25, 0.3) is 10.0 Å². The lowest BCUT2D eigenvalue weighted by Gasteiger charge is -2.18. The zero-order valence-corrected chi connectivity index (χ0v) is 17.4. The number of carbonyl (C=O) groups is 1. The van der Waals surface area contributed by atoms with Crippen molar-refractivity contribution in [3.8, 4) is 0 Å². The van der Waals surface area contributed by atoms with Gasteiger partial charge in [-0.1, -0.05) is 36.4 Å². The Morgan fingerprint density at radius 3 is 2.46 bits per heavy atom. The highest BCUT2D eigenvalue weighted by atomic mass is 79.9. The highest BCUT2D eigenvalue weighted by Crippen LogP contribution is 2.27. The van der Waals surface area contributed by atoms with Gasteiger partial charge in [0.2, 0.25) is 5.91 Å². The standard InChI is InChI=1S/C17H15BrN2O3S3/c18-14-8-9-15(25-14)26(22,23)20-16(12-5-2-1-3-6-12)17(21)19-11-13-7-4-10-24-13/h1-10,16,20H,11H2,(H,19,21)/t16-/m1/s1. The van der Waals surface area contributed by atoms with E-state index in [0.717, 1.165) is 16.2 Å². The van der Waals surface area contributed by atoms with Crippen molar-refractivity contribution in [1.29, 1.82) is 0 Å². The van der Waals surface area contributed by atoms with Crippen LogP contribution in [0.4, 0.5) is 0 Å². The number of thiophene rings is 2. The van der Waals surface area contributed by atoms with Crippen molar-refractivity contribution in [3.05, 3.63) is 74.2 Å². The van der Waals surface area contributed by atoms with Crippen LogP contribution in [0.2, 0.25) is 0 Å². The topological polar surface area (TPSA) is 75.3 Å². The summed E-state index contributed by atoms with van der Waals surface area (Å²) < 4.78 is 28.7. The first kappa shape index (κ1) is 19.2. The molecule has 136 valence electrons. The summed E-state index contributed by atoms with van der Waals surface area (Å²) in [5.74, 6) is -0.399. The fourth-order valence-electron chi connectivity index (χ4n) is 2.26. The Bertz CT molecular complexity index is 970. The van der Waals surface area contributed by atoms with Crippen molar-refractivity contribution in [2.24, 2.45) is 0 Å². The first-order valence-electron chi connectivity index (χ1n) is 7.58. The lowest BCUT2D eigenvalue weighted by atomic mass is 10.1. The van der Waals surface area contributed by atoms with Crippen molar-refractivity contribution in [2.45, 2.75) is 16.8 Å². The number of carbonyl (C=O) groups excluding carboxylic acids is 1. The minimum Gasteiger partial charge on any atom is -0.350 e. The van der Waals surface area contributed by atoms with Crippen molar-refractivity contribution in [3.63, 3.8) is 0 Å². The second kappa shape index (κ2) is 8.45. The normalized spacial score (nSPS) is 12.7. The number of sulfonamides is 1. The van der Waals surface area contributed by atoms with Crippen LogP contribution in [0.1, 0.15) is 16.5 Å². The first-order valence-corrected chi connectivity index (χ1v) is 11.6. The van der Waals surface area contributed by atoms with E-state index in [-0.39, 0.29) is 4.21 Å². The van der Waals surface area contributed by atoms with Gasteiger partial charge in [-0.05, 0) is 45.1 Å². The molecule has 1 aromatic carbocycles. The van der Waals surface area contributed by atoms with Crippen LogP contribution in [0, 0.1) is 0 Å². The maximum atomic E-state index is 12.7. The van der Waals surface area contributed by atoms with Crippen LogP contribution in [-0.2, 0) is 21.4 Å². The van der Waals surface area contributed by atoms with Crippen molar-refractivity contribution >= 4 is 54.5 Å². The minimum absolute atomic E-state index is 0.149. The van der Waals surface area contributed by atoms with E-state index >= 15 is 0 Å². The van der Waals surface area contributed by atoms with Crippen LogP contribution in [0.25, 0.3) is 0 Å². The molecule has 0 bridgehead atoms. The van der Waals surface area contributed by atoms with Gasteiger partial charge in [0.05, 0.1) is 10.3 Å². The van der Waals surface area contributed by atoms with Gasteiger partial charge in [0.1, 0.15) is 10.3 Å². The van der Waals surface area contributed by atoms with Gasteiger partial charge in [-0.3, -0.25) is 4.79 Å². The van der Waals surface area contributed by atoms with Gasteiger partial charge >= 0.3 is 0 Å². The molecule has 0 fully saturated rings. The SMILES string of the molecule is O=C(NCc1cccs1)[C@H](NS(=O)(=O)c1ccc(Br)s1)c1ccccc1. The molecule has 2 heterocycles. The van der Waals surface area contributed by atoms with Gasteiger partial charge in [0, 0.05) is 4.88 Å². The number of amides is 1. The predicted molar refractivity (Wildman–Crippen MR) is 108 cm³/mol. The Labute approximate surface area is 168 Å². The smallest absolute Gasteiger partial charge is 0.251 e. The molecule has 0 aliphatic carbocycles. The molecule has 0 saturated heterocycles. The molecule has 9 heteroatoms. The number of halogens is 1. The predicted octanol–water partition coefficient (Wildman–Crippen LogP) is 3.91. The molecule has 0 aliphatic rings. The zero-order chi connectivity index (χ0) is 18.6. The molecule has 2 N–H and O–H groups in total. The summed E-state index contributed by atoms with van der Waals surface area (Å²) in [6, 6.07) is 14.8. The summed E-state index contributed by atoms with van der Waals surface area (Å²) in [7, 11) is -3.82. The van der Waals surface area contributed by atoms with Crippen LogP contribution < -0.4 is 10.0 Å². The summed E-state index contributed by atoms with van der Waals surface area (Å²) in [6.07, 6.45) is 0. The summed E-state index contributed by atoms with van der Waals surface area (Å²) >= 11 is 5.88. The minimum atomic E-state index is -3.82. The number of hydrogen-bond acceptors (Lipinski definition) is 5. The Balaban J connectivity index is 1.82. The van der Waals surface area contributed by atoms with Crippen molar-refractivity contribution < 1.29 is 13.2 Å². The van der Waals surface area contributed by atoms with Crippen LogP contribution in [-0.4, -0.2) is 14.3 Å². The van der Waals surface area contributed by atoms with Gasteiger partial charge in [-0.2, -0.15) is 4.72 Å². The third kappa shape index (κ3) is 4.80. The van der Waals surface area contributed by atoms with E-state index in [1.807, 2.05) is 23.6 Å². The van der Waals surface area contributed by atoms with E-state index in [4.69, 9.17) is 0 Å². The average Bonchev–Trinajstić information content (AvgIpc) is 3.30. The Hall–Kier alpha value is -1.52. The second-order valence-corrected chi connectivity index (χ2v) is 10.8. The van der Waals surface area contributed by atoms with Gasteiger partial charge < -0.3 is 5.32 Å². The molecule has 0 unspecified atom stereocenters. The van der Waals surface area contributed by atoms with Crippen molar-refractivity contribution in [1.82, 2.24) is 10.0 Å². The van der Waals surface area contributed by atoms with E-state index in [1.165, 1.54) is 17.4 Å². The number of hydrogen-bond donors (Lipinski definition) is 2. The molecule has 0 spiro atoms. The molecular weight excluding hydrogens is 456 g/mol. The Kier molecular flexibility index (Phi) is 6.25. The lowest BCUT2D eigenvalue weighted by Crippen LogP contribution is -2.39. The maximum Gasteiger partial charge on any atom is 0.251 e. The fourth-order valence-corrected chi connectivity index (χ4v) is 6.12. The molecule has 26 heavy (non-hydrogen) atoms. The van der Waals surface area contributed by atoms with Gasteiger partial charge in [-0.15, -0.1) is 22.7 Å². The molecule has 1 atom stereocenters. The molecule has 1 amide bonds. The molecule has 3 aromatic rings. The molecule has 2 aromatic heterocycles. The van der Waals surface area contributed by atoms with Crippen molar-refractivity contribution in [2.75, 3.05) is 0 Å². The Morgan fingerprint density at radius 1 is 1.08 bits per heavy atom. The van der Waals surface area contributed by atoms with E-state index < -0.39 is 22.0 Å². The molecule has 0 saturated carbocycles. The zero-order valence-electron chi connectivity index (χ0n) is 13.4. The Morgan fingerprint density at radius 2 is 1.85 bits per heavy atom. The third-order valence-corrected chi connectivity index (χ3v) is 7.91. The summed E-state index contributed by atoms with van der Waals surface area (Å²) in [5, 5.41) is 4.73. The quantitative estimate of drug-likeness (QED) is 0.549. The summed E-state index contributed by atoms with van der Waals surface area (Å²) in [4.78, 5) is 13.7. The van der Waals surface area contributed by atoms with Gasteiger partial charge in [0.15, 0.2) is 0 Å².